The summed E-state index contributed by atoms with van der Waals surface area (Å²) in [5.74, 6) is 0.234. The molecule has 106 valence electrons. The molecule has 2 aliphatic heterocycles. The van der Waals surface area contributed by atoms with Crippen molar-refractivity contribution in [3.63, 3.8) is 0 Å². The Labute approximate surface area is 121 Å². The van der Waals surface area contributed by atoms with E-state index in [1.165, 1.54) is 18.7 Å². The molecule has 0 aromatic heterocycles. The fourth-order valence-corrected chi connectivity index (χ4v) is 6.46. The monoisotopic (exact) mass is 310 g/mol. The third-order valence-electron chi connectivity index (χ3n) is 3.64. The van der Waals surface area contributed by atoms with E-state index in [2.05, 4.69) is 0 Å². The molecule has 0 saturated carbocycles. The Hall–Kier alpha value is -1.34. The highest BCUT2D eigenvalue weighted by Gasteiger charge is 2.48. The molecule has 2 heterocycles. The Balaban J connectivity index is 1.93. The number of rotatable bonds is 2. The molecule has 0 bridgehead atoms. The Morgan fingerprint density at radius 3 is 2.55 bits per heavy atom. The molecule has 3 rings (SSSR count). The number of carbonyl (C=O) groups is 1. The van der Waals surface area contributed by atoms with Crippen molar-refractivity contribution in [2.75, 3.05) is 16.4 Å². The maximum atomic E-state index is 11.7. The molecule has 0 amide bonds. The number of thioether (sulfide) groups is 1. The predicted octanol–water partition coefficient (Wildman–Crippen LogP) is 1.54. The van der Waals surface area contributed by atoms with Gasteiger partial charge in [0.15, 0.2) is 20.8 Å². The van der Waals surface area contributed by atoms with Crippen LogP contribution in [0.1, 0.15) is 17.3 Å². The zero-order chi connectivity index (χ0) is 14.5. The van der Waals surface area contributed by atoms with Gasteiger partial charge in [-0.2, -0.15) is 0 Å². The van der Waals surface area contributed by atoms with Gasteiger partial charge in [-0.05, 0) is 31.2 Å². The van der Waals surface area contributed by atoms with Gasteiger partial charge in [-0.25, -0.2) is 8.42 Å². The summed E-state index contributed by atoms with van der Waals surface area (Å²) in [5.41, 5.74) is 1.39. The molecule has 1 aromatic carbocycles. The van der Waals surface area contributed by atoms with Gasteiger partial charge in [-0.1, -0.05) is 11.8 Å². The van der Waals surface area contributed by atoms with Crippen LogP contribution in [0.2, 0.25) is 0 Å². The third kappa shape index (κ3) is 2.25. The Kier molecular flexibility index (Phi) is 3.13. The van der Waals surface area contributed by atoms with Gasteiger partial charge in [0.05, 0.1) is 17.5 Å². The standard InChI is InChI=1S/C13H14N2O3S2/c1-8(16)9-2-4-10(5-3-9)15-11-6-20(17,18)7-12(11)19-13(15)14/h2-5,11-12,14H,6-7H2,1H3. The van der Waals surface area contributed by atoms with Gasteiger partial charge in [0.25, 0.3) is 0 Å². The second kappa shape index (κ2) is 4.60. The van der Waals surface area contributed by atoms with E-state index in [4.69, 9.17) is 5.41 Å². The number of amidine groups is 1. The third-order valence-corrected chi connectivity index (χ3v) is 6.77. The van der Waals surface area contributed by atoms with Crippen LogP contribution in [0.5, 0.6) is 0 Å². The second-order valence-electron chi connectivity index (χ2n) is 5.08. The molecule has 1 N–H and O–H groups in total. The fourth-order valence-electron chi connectivity index (χ4n) is 2.67. The SMILES string of the molecule is CC(=O)c1ccc(N2C(=N)SC3CS(=O)(=O)CC32)cc1. The molecule has 5 nitrogen and oxygen atoms in total. The van der Waals surface area contributed by atoms with Crippen molar-refractivity contribution in [3.05, 3.63) is 29.8 Å². The molecule has 2 aliphatic rings. The molecule has 2 saturated heterocycles. The van der Waals surface area contributed by atoms with Crippen molar-refractivity contribution in [2.24, 2.45) is 0 Å². The van der Waals surface area contributed by atoms with Crippen molar-refractivity contribution in [1.29, 1.82) is 5.41 Å². The summed E-state index contributed by atoms with van der Waals surface area (Å²) in [5, 5.41) is 8.36. The normalized spacial score (nSPS) is 27.6. The topological polar surface area (TPSA) is 78.3 Å². The van der Waals surface area contributed by atoms with Gasteiger partial charge >= 0.3 is 0 Å². The first kappa shape index (κ1) is 13.6. The number of ketones is 1. The summed E-state index contributed by atoms with van der Waals surface area (Å²) in [6.45, 7) is 1.50. The lowest BCUT2D eigenvalue weighted by molar-refractivity contribution is 0.101. The highest BCUT2D eigenvalue weighted by atomic mass is 32.2. The molecular weight excluding hydrogens is 296 g/mol. The summed E-state index contributed by atoms with van der Waals surface area (Å²) in [7, 11) is -3.00. The summed E-state index contributed by atoms with van der Waals surface area (Å²) < 4.78 is 23.4. The van der Waals surface area contributed by atoms with E-state index >= 15 is 0 Å². The Morgan fingerprint density at radius 1 is 1.30 bits per heavy atom. The number of sulfone groups is 1. The van der Waals surface area contributed by atoms with Crippen LogP contribution in [-0.2, 0) is 9.84 Å². The smallest absolute Gasteiger partial charge is 0.161 e. The number of anilines is 1. The molecule has 2 unspecified atom stereocenters. The van der Waals surface area contributed by atoms with Gasteiger partial charge in [-0.3, -0.25) is 10.2 Å². The maximum Gasteiger partial charge on any atom is 0.161 e. The molecular formula is C13H14N2O3S2. The lowest BCUT2D eigenvalue weighted by Crippen LogP contribution is -2.37. The molecule has 2 atom stereocenters. The number of carbonyl (C=O) groups excluding carboxylic acids is 1. The summed E-state index contributed by atoms with van der Waals surface area (Å²) in [6, 6.07) is 6.82. The number of fused-ring (bicyclic) bond motifs is 1. The van der Waals surface area contributed by atoms with Crippen LogP contribution in [0.25, 0.3) is 0 Å². The number of benzene rings is 1. The summed E-state index contributed by atoms with van der Waals surface area (Å²) in [6.07, 6.45) is 0. The maximum absolute atomic E-state index is 11.7. The zero-order valence-electron chi connectivity index (χ0n) is 10.9. The molecule has 1 aromatic rings. The van der Waals surface area contributed by atoms with Crippen molar-refractivity contribution in [3.8, 4) is 0 Å². The second-order valence-corrected chi connectivity index (χ2v) is 8.46. The first-order chi connectivity index (χ1) is 9.37. The van der Waals surface area contributed by atoms with Crippen LogP contribution < -0.4 is 4.90 Å². The number of hydrogen-bond acceptors (Lipinski definition) is 5. The van der Waals surface area contributed by atoms with Gasteiger partial charge in [0, 0.05) is 16.5 Å². The van der Waals surface area contributed by atoms with Crippen LogP contribution >= 0.6 is 11.8 Å². The number of Topliss-reactive ketones (excluding diaryl/α,β-unsaturated/α-hetero) is 1. The van der Waals surface area contributed by atoms with Gasteiger partial charge < -0.3 is 4.90 Å². The molecule has 20 heavy (non-hydrogen) atoms. The van der Waals surface area contributed by atoms with E-state index in [0.717, 1.165) is 5.69 Å². The summed E-state index contributed by atoms with van der Waals surface area (Å²) in [4.78, 5) is 13.0. The van der Waals surface area contributed by atoms with Crippen molar-refractivity contribution in [2.45, 2.75) is 18.2 Å². The minimum atomic E-state index is -3.00. The Bertz CT molecular complexity index is 682. The molecule has 7 heteroatoms. The van der Waals surface area contributed by atoms with E-state index < -0.39 is 9.84 Å². The highest BCUT2D eigenvalue weighted by molar-refractivity contribution is 8.15. The lowest BCUT2D eigenvalue weighted by Gasteiger charge is -2.23. The minimum absolute atomic E-state index is 0.0104. The van der Waals surface area contributed by atoms with Gasteiger partial charge in [0.2, 0.25) is 0 Å². The first-order valence-corrected chi connectivity index (χ1v) is 8.93. The largest absolute Gasteiger partial charge is 0.316 e. The van der Waals surface area contributed by atoms with E-state index in [1.54, 1.807) is 29.2 Å². The average molecular weight is 310 g/mol. The average Bonchev–Trinajstić information content (AvgIpc) is 2.79. The summed E-state index contributed by atoms with van der Waals surface area (Å²) >= 11 is 1.31. The molecule has 0 spiro atoms. The molecule has 2 fully saturated rings. The zero-order valence-corrected chi connectivity index (χ0v) is 12.5. The van der Waals surface area contributed by atoms with Crippen LogP contribution in [0.4, 0.5) is 5.69 Å². The minimum Gasteiger partial charge on any atom is -0.316 e. The van der Waals surface area contributed by atoms with Crippen molar-refractivity contribution >= 4 is 38.2 Å². The molecule has 0 aliphatic carbocycles. The van der Waals surface area contributed by atoms with E-state index in [1.807, 2.05) is 0 Å². The quantitative estimate of drug-likeness (QED) is 0.838. The number of nitrogens with one attached hydrogen (secondary N) is 1. The van der Waals surface area contributed by atoms with Crippen LogP contribution in [0.3, 0.4) is 0 Å². The van der Waals surface area contributed by atoms with Crippen LogP contribution in [0.15, 0.2) is 24.3 Å². The first-order valence-electron chi connectivity index (χ1n) is 6.23. The van der Waals surface area contributed by atoms with E-state index in [-0.39, 0.29) is 28.6 Å². The van der Waals surface area contributed by atoms with Crippen LogP contribution in [0, 0.1) is 5.41 Å². The van der Waals surface area contributed by atoms with Gasteiger partial charge in [-0.15, -0.1) is 0 Å². The molecule has 0 radical (unpaired) electrons. The Morgan fingerprint density at radius 2 is 1.95 bits per heavy atom. The van der Waals surface area contributed by atoms with Crippen molar-refractivity contribution < 1.29 is 13.2 Å². The number of hydrogen-bond donors (Lipinski definition) is 1. The van der Waals surface area contributed by atoms with Gasteiger partial charge in [0.1, 0.15) is 0 Å². The van der Waals surface area contributed by atoms with Crippen LogP contribution in [-0.4, -0.2) is 42.2 Å². The fraction of sp³-hybridized carbons (Fsp3) is 0.385. The van der Waals surface area contributed by atoms with E-state index in [0.29, 0.717) is 10.7 Å². The predicted molar refractivity (Wildman–Crippen MR) is 80.5 cm³/mol. The number of nitrogens with zero attached hydrogens (tertiary/aromatic N) is 1. The van der Waals surface area contributed by atoms with E-state index in [9.17, 15) is 13.2 Å². The van der Waals surface area contributed by atoms with Crippen molar-refractivity contribution in [1.82, 2.24) is 0 Å². The lowest BCUT2D eigenvalue weighted by atomic mass is 10.1. The highest BCUT2D eigenvalue weighted by Crippen LogP contribution is 2.40.